The fraction of sp³-hybridized carbons (Fsp3) is 0.158. The van der Waals surface area contributed by atoms with Gasteiger partial charge in [0.05, 0.1) is 10.7 Å². The van der Waals surface area contributed by atoms with Gasteiger partial charge in [-0.3, -0.25) is 4.79 Å². The Hall–Kier alpha value is -2.46. The van der Waals surface area contributed by atoms with Crippen LogP contribution >= 0.6 is 11.3 Å². The molecule has 0 radical (unpaired) electrons. The number of nitrogens with one attached hydrogen (secondary N) is 1. The lowest BCUT2D eigenvalue weighted by atomic mass is 10.1. The van der Waals surface area contributed by atoms with E-state index >= 15 is 0 Å². The number of nitrogens with zero attached hydrogens (tertiary/aromatic N) is 1. The molecule has 0 saturated heterocycles. The van der Waals surface area contributed by atoms with Gasteiger partial charge in [-0.05, 0) is 31.0 Å². The fourth-order valence-electron chi connectivity index (χ4n) is 2.35. The first-order valence-corrected chi connectivity index (χ1v) is 8.45. The number of aromatic nitrogens is 1. The van der Waals surface area contributed by atoms with Crippen molar-refractivity contribution in [1.29, 1.82) is 0 Å². The molecule has 0 unspecified atom stereocenters. The summed E-state index contributed by atoms with van der Waals surface area (Å²) in [6, 6.07) is 17.6. The maximum Gasteiger partial charge on any atom is 0.251 e. The molecule has 3 aromatic rings. The van der Waals surface area contributed by atoms with Gasteiger partial charge in [-0.1, -0.05) is 42.5 Å². The molecule has 0 aliphatic carbocycles. The number of hydrogen-bond donors (Lipinski definition) is 1. The molecule has 0 spiro atoms. The van der Waals surface area contributed by atoms with Gasteiger partial charge in [-0.25, -0.2) is 4.98 Å². The highest BCUT2D eigenvalue weighted by atomic mass is 32.1. The number of rotatable bonds is 5. The van der Waals surface area contributed by atoms with Gasteiger partial charge < -0.3 is 5.32 Å². The summed E-state index contributed by atoms with van der Waals surface area (Å²) >= 11 is 1.66. The van der Waals surface area contributed by atoms with Crippen LogP contribution in [0.5, 0.6) is 0 Å². The van der Waals surface area contributed by atoms with Gasteiger partial charge in [0.15, 0.2) is 0 Å². The molecule has 0 atom stereocenters. The largest absolute Gasteiger partial charge is 0.352 e. The summed E-state index contributed by atoms with van der Waals surface area (Å²) in [6.07, 6.45) is 0.814. The van der Waals surface area contributed by atoms with E-state index < -0.39 is 0 Å². The second-order valence-corrected chi connectivity index (χ2v) is 6.38. The molecule has 23 heavy (non-hydrogen) atoms. The molecule has 0 aliphatic rings. The lowest BCUT2D eigenvalue weighted by Crippen LogP contribution is -2.25. The van der Waals surface area contributed by atoms with Crippen LogP contribution in [0.3, 0.4) is 0 Å². The van der Waals surface area contributed by atoms with E-state index in [1.807, 2.05) is 37.3 Å². The van der Waals surface area contributed by atoms with Crippen LogP contribution < -0.4 is 5.32 Å². The van der Waals surface area contributed by atoms with Crippen molar-refractivity contribution in [3.8, 4) is 11.3 Å². The summed E-state index contributed by atoms with van der Waals surface area (Å²) in [5, 5.41) is 6.10. The third-order valence-corrected chi connectivity index (χ3v) is 4.38. The van der Waals surface area contributed by atoms with E-state index in [0.717, 1.165) is 22.7 Å². The maximum atomic E-state index is 12.0. The number of aryl methyl sites for hydroxylation is 1. The number of benzene rings is 2. The number of thiazole rings is 1. The molecule has 1 heterocycles. The molecule has 4 heteroatoms. The summed E-state index contributed by atoms with van der Waals surface area (Å²) in [5.41, 5.74) is 4.05. The number of carbonyl (C=O) groups excluding carboxylic acids is 1. The van der Waals surface area contributed by atoms with Gasteiger partial charge in [0.25, 0.3) is 5.91 Å². The van der Waals surface area contributed by atoms with Crippen LogP contribution in [0.2, 0.25) is 0 Å². The Balaban J connectivity index is 1.54. The Morgan fingerprint density at radius 3 is 2.48 bits per heavy atom. The van der Waals surface area contributed by atoms with E-state index in [9.17, 15) is 4.79 Å². The van der Waals surface area contributed by atoms with Crippen molar-refractivity contribution in [2.75, 3.05) is 6.54 Å². The minimum atomic E-state index is -0.0276. The van der Waals surface area contributed by atoms with Crippen molar-refractivity contribution < 1.29 is 4.79 Å². The standard InChI is InChI=1S/C19H18N2OS/c1-14-21-18(13-23-14)16-9-7-15(8-10-16)11-12-20-19(22)17-5-3-2-4-6-17/h2-10,13H,11-12H2,1H3,(H,20,22). The lowest BCUT2D eigenvalue weighted by molar-refractivity contribution is 0.0954. The monoisotopic (exact) mass is 322 g/mol. The van der Waals surface area contributed by atoms with Crippen molar-refractivity contribution in [2.24, 2.45) is 0 Å². The molecule has 1 aromatic heterocycles. The normalized spacial score (nSPS) is 10.5. The molecule has 3 nitrogen and oxygen atoms in total. The Bertz CT molecular complexity index is 779. The van der Waals surface area contributed by atoms with Crippen molar-refractivity contribution in [3.63, 3.8) is 0 Å². The average Bonchev–Trinajstić information content (AvgIpc) is 3.03. The van der Waals surface area contributed by atoms with Crippen molar-refractivity contribution in [3.05, 3.63) is 76.1 Å². The second kappa shape index (κ2) is 7.20. The van der Waals surface area contributed by atoms with Gasteiger partial charge in [0, 0.05) is 23.1 Å². The smallest absolute Gasteiger partial charge is 0.251 e. The first kappa shape index (κ1) is 15.4. The summed E-state index contributed by atoms with van der Waals surface area (Å²) in [7, 11) is 0. The maximum absolute atomic E-state index is 12.0. The zero-order valence-corrected chi connectivity index (χ0v) is 13.8. The van der Waals surface area contributed by atoms with E-state index in [1.165, 1.54) is 5.56 Å². The number of amides is 1. The van der Waals surface area contributed by atoms with Crippen LogP contribution in [0.15, 0.2) is 60.0 Å². The summed E-state index contributed by atoms with van der Waals surface area (Å²) in [5.74, 6) is -0.0276. The number of carbonyl (C=O) groups is 1. The van der Waals surface area contributed by atoms with Crippen LogP contribution in [-0.2, 0) is 6.42 Å². The Kier molecular flexibility index (Phi) is 4.83. The minimum absolute atomic E-state index is 0.0276. The van der Waals surface area contributed by atoms with Gasteiger partial charge in [0.1, 0.15) is 0 Å². The zero-order valence-electron chi connectivity index (χ0n) is 13.0. The SMILES string of the molecule is Cc1nc(-c2ccc(CCNC(=O)c3ccccc3)cc2)cs1. The van der Waals surface area contributed by atoms with Crippen LogP contribution in [0, 0.1) is 6.92 Å². The predicted octanol–water partition coefficient (Wildman–Crippen LogP) is 4.09. The van der Waals surface area contributed by atoms with Crippen LogP contribution in [0.4, 0.5) is 0 Å². The minimum Gasteiger partial charge on any atom is -0.352 e. The third-order valence-electron chi connectivity index (χ3n) is 3.60. The van der Waals surface area contributed by atoms with Gasteiger partial charge >= 0.3 is 0 Å². The molecular weight excluding hydrogens is 304 g/mol. The molecule has 2 aromatic carbocycles. The summed E-state index contributed by atoms with van der Waals surface area (Å²) in [4.78, 5) is 16.4. The zero-order chi connectivity index (χ0) is 16.1. The van der Waals surface area contributed by atoms with Crippen molar-refractivity contribution in [2.45, 2.75) is 13.3 Å². The van der Waals surface area contributed by atoms with Crippen LogP contribution in [0.25, 0.3) is 11.3 Å². The van der Waals surface area contributed by atoms with E-state index in [0.29, 0.717) is 12.1 Å². The topological polar surface area (TPSA) is 42.0 Å². The molecule has 116 valence electrons. The van der Waals surface area contributed by atoms with Crippen molar-refractivity contribution in [1.82, 2.24) is 10.3 Å². The molecule has 0 saturated carbocycles. The van der Waals surface area contributed by atoms with Crippen molar-refractivity contribution >= 4 is 17.2 Å². The average molecular weight is 322 g/mol. The van der Waals surface area contributed by atoms with E-state index in [4.69, 9.17) is 0 Å². The van der Waals surface area contributed by atoms with E-state index in [1.54, 1.807) is 11.3 Å². The van der Waals surface area contributed by atoms with Crippen LogP contribution in [-0.4, -0.2) is 17.4 Å². The lowest BCUT2D eigenvalue weighted by Gasteiger charge is -2.06. The Morgan fingerprint density at radius 1 is 1.09 bits per heavy atom. The molecule has 3 rings (SSSR count). The summed E-state index contributed by atoms with van der Waals surface area (Å²) in [6.45, 7) is 2.64. The van der Waals surface area contributed by atoms with E-state index in [-0.39, 0.29) is 5.91 Å². The highest BCUT2D eigenvalue weighted by Crippen LogP contribution is 2.21. The Labute approximate surface area is 140 Å². The highest BCUT2D eigenvalue weighted by molar-refractivity contribution is 7.09. The Morgan fingerprint density at radius 2 is 1.83 bits per heavy atom. The first-order valence-electron chi connectivity index (χ1n) is 7.57. The molecule has 1 amide bonds. The first-order chi connectivity index (χ1) is 11.2. The molecule has 0 aliphatic heterocycles. The quantitative estimate of drug-likeness (QED) is 0.768. The molecule has 0 bridgehead atoms. The third kappa shape index (κ3) is 4.05. The van der Waals surface area contributed by atoms with Gasteiger partial charge in [-0.15, -0.1) is 11.3 Å². The van der Waals surface area contributed by atoms with E-state index in [2.05, 4.69) is 39.9 Å². The second-order valence-electron chi connectivity index (χ2n) is 5.32. The number of hydrogen-bond acceptors (Lipinski definition) is 3. The highest BCUT2D eigenvalue weighted by Gasteiger charge is 2.04. The predicted molar refractivity (Wildman–Crippen MR) is 94.8 cm³/mol. The van der Waals surface area contributed by atoms with Gasteiger partial charge in [-0.2, -0.15) is 0 Å². The molecular formula is C19H18N2OS. The molecule has 1 N–H and O–H groups in total. The summed E-state index contributed by atoms with van der Waals surface area (Å²) < 4.78 is 0. The fourth-order valence-corrected chi connectivity index (χ4v) is 2.97. The van der Waals surface area contributed by atoms with Crippen LogP contribution in [0.1, 0.15) is 20.9 Å². The van der Waals surface area contributed by atoms with Gasteiger partial charge in [0.2, 0.25) is 0 Å². The molecule has 0 fully saturated rings.